The van der Waals surface area contributed by atoms with Crippen LogP contribution in [0.2, 0.25) is 0 Å². The van der Waals surface area contributed by atoms with Crippen LogP contribution in [0.1, 0.15) is 15.9 Å². The van der Waals surface area contributed by atoms with Crippen LogP contribution in [0.25, 0.3) is 0 Å². The highest BCUT2D eigenvalue weighted by Gasteiger charge is 2.08. The molecule has 1 amide bonds. The number of hydrogen-bond donors (Lipinski definition) is 1. The van der Waals surface area contributed by atoms with Crippen molar-refractivity contribution < 1.29 is 4.79 Å². The summed E-state index contributed by atoms with van der Waals surface area (Å²) in [5, 5.41) is 2.79. The molecule has 0 aliphatic heterocycles. The second kappa shape index (κ2) is 6.05. The standard InChI is InChI=1S/C15H16BrN3O/c1-10-8-14(17-9-13(10)16)18-15(20)11-4-6-12(7-5-11)19(2)3/h4-9H,1-3H3,(H,17,18,20). The van der Waals surface area contributed by atoms with Gasteiger partial charge in [-0.05, 0) is 58.7 Å². The first-order valence-corrected chi connectivity index (χ1v) is 6.97. The van der Waals surface area contributed by atoms with Crippen molar-refractivity contribution >= 4 is 33.3 Å². The van der Waals surface area contributed by atoms with Gasteiger partial charge in [0.05, 0.1) is 0 Å². The molecule has 0 unspecified atom stereocenters. The molecular weight excluding hydrogens is 318 g/mol. The lowest BCUT2D eigenvalue weighted by Gasteiger charge is -2.12. The van der Waals surface area contributed by atoms with Crippen LogP contribution in [0.4, 0.5) is 11.5 Å². The molecule has 0 fully saturated rings. The van der Waals surface area contributed by atoms with Crippen molar-refractivity contribution in [3.05, 3.63) is 52.1 Å². The average Bonchev–Trinajstić information content (AvgIpc) is 2.43. The van der Waals surface area contributed by atoms with Crippen LogP contribution in [0.5, 0.6) is 0 Å². The third-order valence-electron chi connectivity index (χ3n) is 2.93. The van der Waals surface area contributed by atoms with Crippen LogP contribution in [0.15, 0.2) is 41.0 Å². The van der Waals surface area contributed by atoms with Gasteiger partial charge < -0.3 is 10.2 Å². The van der Waals surface area contributed by atoms with E-state index in [0.29, 0.717) is 11.4 Å². The summed E-state index contributed by atoms with van der Waals surface area (Å²) < 4.78 is 0.922. The lowest BCUT2D eigenvalue weighted by molar-refractivity contribution is 0.102. The van der Waals surface area contributed by atoms with Crippen LogP contribution in [-0.4, -0.2) is 25.0 Å². The lowest BCUT2D eigenvalue weighted by Crippen LogP contribution is -2.14. The minimum Gasteiger partial charge on any atom is -0.378 e. The first-order chi connectivity index (χ1) is 9.47. The van der Waals surface area contributed by atoms with Gasteiger partial charge in [0.25, 0.3) is 5.91 Å². The number of carbonyl (C=O) groups excluding carboxylic acids is 1. The first kappa shape index (κ1) is 14.5. The van der Waals surface area contributed by atoms with Gasteiger partial charge in [0.15, 0.2) is 0 Å². The SMILES string of the molecule is Cc1cc(NC(=O)c2ccc(N(C)C)cc2)ncc1Br. The van der Waals surface area contributed by atoms with Gasteiger partial charge in [-0.25, -0.2) is 4.98 Å². The number of anilines is 2. The third-order valence-corrected chi connectivity index (χ3v) is 3.76. The van der Waals surface area contributed by atoms with Crippen molar-refractivity contribution in [1.82, 2.24) is 4.98 Å². The number of aryl methyl sites for hydroxylation is 1. The van der Waals surface area contributed by atoms with Crippen molar-refractivity contribution in [2.24, 2.45) is 0 Å². The Morgan fingerprint density at radius 1 is 1.25 bits per heavy atom. The highest BCUT2D eigenvalue weighted by molar-refractivity contribution is 9.10. The molecule has 1 heterocycles. The second-order valence-electron chi connectivity index (χ2n) is 4.71. The Hall–Kier alpha value is -1.88. The van der Waals surface area contributed by atoms with Crippen LogP contribution in [-0.2, 0) is 0 Å². The minimum atomic E-state index is -0.162. The number of aromatic nitrogens is 1. The zero-order valence-corrected chi connectivity index (χ0v) is 13.2. The molecule has 0 aliphatic rings. The molecule has 0 aliphatic carbocycles. The highest BCUT2D eigenvalue weighted by Crippen LogP contribution is 2.18. The van der Waals surface area contributed by atoms with Gasteiger partial charge in [0.1, 0.15) is 5.82 Å². The van der Waals surface area contributed by atoms with Crippen molar-refractivity contribution in [2.75, 3.05) is 24.3 Å². The van der Waals surface area contributed by atoms with Gasteiger partial charge in [-0.1, -0.05) is 0 Å². The number of amides is 1. The molecule has 4 nitrogen and oxygen atoms in total. The van der Waals surface area contributed by atoms with E-state index < -0.39 is 0 Å². The monoisotopic (exact) mass is 333 g/mol. The fourth-order valence-corrected chi connectivity index (χ4v) is 1.92. The van der Waals surface area contributed by atoms with Crippen LogP contribution < -0.4 is 10.2 Å². The minimum absolute atomic E-state index is 0.162. The fourth-order valence-electron chi connectivity index (χ4n) is 1.71. The predicted molar refractivity (Wildman–Crippen MR) is 85.4 cm³/mol. The van der Waals surface area contributed by atoms with Crippen molar-refractivity contribution in [2.45, 2.75) is 6.92 Å². The summed E-state index contributed by atoms with van der Waals surface area (Å²) in [7, 11) is 3.92. The summed E-state index contributed by atoms with van der Waals surface area (Å²) in [6, 6.07) is 9.26. The number of halogens is 1. The molecule has 1 aromatic heterocycles. The zero-order valence-electron chi connectivity index (χ0n) is 11.6. The van der Waals surface area contributed by atoms with Crippen molar-refractivity contribution in [3.8, 4) is 0 Å². The smallest absolute Gasteiger partial charge is 0.256 e. The van der Waals surface area contributed by atoms with E-state index in [4.69, 9.17) is 0 Å². The number of benzene rings is 1. The maximum absolute atomic E-state index is 12.1. The van der Waals surface area contributed by atoms with E-state index in [9.17, 15) is 4.79 Å². The molecule has 1 aromatic carbocycles. The lowest BCUT2D eigenvalue weighted by atomic mass is 10.2. The maximum Gasteiger partial charge on any atom is 0.256 e. The molecule has 0 saturated heterocycles. The molecule has 0 bridgehead atoms. The Kier molecular flexibility index (Phi) is 4.39. The number of hydrogen-bond acceptors (Lipinski definition) is 3. The molecule has 1 N–H and O–H groups in total. The maximum atomic E-state index is 12.1. The molecule has 0 spiro atoms. The van der Waals surface area contributed by atoms with E-state index in [1.165, 1.54) is 0 Å². The van der Waals surface area contributed by atoms with Gasteiger partial charge >= 0.3 is 0 Å². The van der Waals surface area contributed by atoms with E-state index in [0.717, 1.165) is 15.7 Å². The molecule has 20 heavy (non-hydrogen) atoms. The first-order valence-electron chi connectivity index (χ1n) is 6.18. The van der Waals surface area contributed by atoms with Gasteiger partial charge in [-0.3, -0.25) is 4.79 Å². The molecule has 2 aromatic rings. The van der Waals surface area contributed by atoms with Crippen molar-refractivity contribution in [3.63, 3.8) is 0 Å². The predicted octanol–water partition coefficient (Wildman–Crippen LogP) is 3.47. The summed E-state index contributed by atoms with van der Waals surface area (Å²) in [6.07, 6.45) is 1.68. The van der Waals surface area contributed by atoms with Gasteiger partial charge in [-0.15, -0.1) is 0 Å². The van der Waals surface area contributed by atoms with E-state index in [2.05, 4.69) is 26.2 Å². The summed E-state index contributed by atoms with van der Waals surface area (Å²) in [6.45, 7) is 1.95. The second-order valence-corrected chi connectivity index (χ2v) is 5.57. The van der Waals surface area contributed by atoms with Crippen LogP contribution >= 0.6 is 15.9 Å². The molecule has 0 saturated carbocycles. The largest absolute Gasteiger partial charge is 0.378 e. The Labute approximate surface area is 127 Å². The number of pyridine rings is 1. The van der Waals surface area contributed by atoms with E-state index in [1.807, 2.05) is 44.1 Å². The number of nitrogens with one attached hydrogen (secondary N) is 1. The molecule has 5 heteroatoms. The van der Waals surface area contributed by atoms with Gasteiger partial charge in [0, 0.05) is 36.0 Å². The van der Waals surface area contributed by atoms with E-state index >= 15 is 0 Å². The average molecular weight is 334 g/mol. The summed E-state index contributed by atoms with van der Waals surface area (Å²) >= 11 is 3.38. The number of nitrogens with zero attached hydrogens (tertiary/aromatic N) is 2. The zero-order chi connectivity index (χ0) is 14.7. The quantitative estimate of drug-likeness (QED) is 0.935. The Bertz CT molecular complexity index is 624. The summed E-state index contributed by atoms with van der Waals surface area (Å²) in [4.78, 5) is 18.3. The third kappa shape index (κ3) is 3.36. The van der Waals surface area contributed by atoms with E-state index in [1.54, 1.807) is 18.3 Å². The van der Waals surface area contributed by atoms with Gasteiger partial charge in [-0.2, -0.15) is 0 Å². The number of rotatable bonds is 3. The number of carbonyl (C=O) groups is 1. The van der Waals surface area contributed by atoms with Gasteiger partial charge in [0.2, 0.25) is 0 Å². The Morgan fingerprint density at radius 3 is 2.45 bits per heavy atom. The molecular formula is C15H16BrN3O. The Balaban J connectivity index is 2.13. The molecule has 0 radical (unpaired) electrons. The van der Waals surface area contributed by atoms with Crippen LogP contribution in [0, 0.1) is 6.92 Å². The normalized spacial score (nSPS) is 10.2. The highest BCUT2D eigenvalue weighted by atomic mass is 79.9. The van der Waals surface area contributed by atoms with E-state index in [-0.39, 0.29) is 5.91 Å². The topological polar surface area (TPSA) is 45.2 Å². The molecule has 2 rings (SSSR count). The summed E-state index contributed by atoms with van der Waals surface area (Å²) in [5.74, 6) is 0.386. The van der Waals surface area contributed by atoms with Crippen LogP contribution in [0.3, 0.4) is 0 Å². The summed E-state index contributed by atoms with van der Waals surface area (Å²) in [5.41, 5.74) is 2.69. The van der Waals surface area contributed by atoms with Crippen molar-refractivity contribution in [1.29, 1.82) is 0 Å². The molecule has 104 valence electrons. The fraction of sp³-hybridized carbons (Fsp3) is 0.200. The molecule has 0 atom stereocenters. The Morgan fingerprint density at radius 2 is 1.90 bits per heavy atom.